The van der Waals surface area contributed by atoms with Gasteiger partial charge in [0.1, 0.15) is 36.2 Å². The van der Waals surface area contributed by atoms with Crippen molar-refractivity contribution in [3.63, 3.8) is 0 Å². The molecule has 0 radical (unpaired) electrons. The molecule has 0 spiro atoms. The molecule has 2 aromatic rings. The van der Waals surface area contributed by atoms with Crippen LogP contribution in [0.1, 0.15) is 24.5 Å². The summed E-state index contributed by atoms with van der Waals surface area (Å²) < 4.78 is 0. The Morgan fingerprint density at radius 3 is 1.68 bits per heavy atom. The maximum Gasteiger partial charge on any atom is 0.322 e. The number of carbonyl (C=O) groups excluding carboxylic acids is 5. The Kier molecular flexibility index (Phi) is 13.1. The highest BCUT2D eigenvalue weighted by Crippen LogP contribution is 2.13. The molecule has 16 heteroatoms. The molecule has 0 saturated heterocycles. The van der Waals surface area contributed by atoms with E-state index in [1.807, 2.05) is 5.32 Å². The molecule has 0 saturated carbocycles. The Morgan fingerprint density at radius 1 is 0.727 bits per heavy atom. The first kappa shape index (κ1) is 35.0. The summed E-state index contributed by atoms with van der Waals surface area (Å²) >= 11 is 0. The molecule has 0 aromatic heterocycles. The van der Waals surface area contributed by atoms with Crippen LogP contribution in [0.4, 0.5) is 0 Å². The van der Waals surface area contributed by atoms with Gasteiger partial charge in [0.15, 0.2) is 0 Å². The van der Waals surface area contributed by atoms with Crippen molar-refractivity contribution in [1.29, 1.82) is 0 Å². The maximum absolute atomic E-state index is 13.4. The van der Waals surface area contributed by atoms with Crippen LogP contribution in [-0.4, -0.2) is 92.7 Å². The van der Waals surface area contributed by atoms with Crippen LogP contribution in [0.3, 0.4) is 0 Å². The normalized spacial score (nSPS) is 14.2. The molecule has 2 rings (SSSR count). The summed E-state index contributed by atoms with van der Waals surface area (Å²) in [5.41, 5.74) is 12.4. The van der Waals surface area contributed by atoms with Crippen molar-refractivity contribution in [2.24, 2.45) is 11.5 Å². The number of nitrogens with one attached hydrogen (secondary N) is 4. The highest BCUT2D eigenvalue weighted by molar-refractivity contribution is 5.97. The van der Waals surface area contributed by atoms with Gasteiger partial charge in [-0.05, 0) is 48.7 Å². The summed E-state index contributed by atoms with van der Waals surface area (Å²) in [6, 6.07) is 5.88. The van der Waals surface area contributed by atoms with Gasteiger partial charge in [0, 0.05) is 6.42 Å². The van der Waals surface area contributed by atoms with Crippen LogP contribution in [0, 0.1) is 0 Å². The number of hydrogen-bond acceptors (Lipinski definition) is 10. The molecule has 0 bridgehead atoms. The number of nitrogens with two attached hydrogens (primary N) is 2. The monoisotopic (exact) mass is 616 g/mol. The van der Waals surface area contributed by atoms with Gasteiger partial charge in [-0.2, -0.15) is 0 Å². The van der Waals surface area contributed by atoms with Gasteiger partial charge in [-0.3, -0.25) is 28.8 Å². The van der Waals surface area contributed by atoms with Crippen LogP contribution in [0.2, 0.25) is 0 Å². The smallest absolute Gasteiger partial charge is 0.322 e. The first-order valence-corrected chi connectivity index (χ1v) is 13.3. The fraction of sp³-hybridized carbons (Fsp3) is 0.357. The van der Waals surface area contributed by atoms with Gasteiger partial charge in [0.05, 0.1) is 18.6 Å². The SMILES string of the molecule is C[C@@H](O)[C@H](NC(=O)[C@H](CC(N)=O)NC(=O)[C@H](Cc1ccc(O)cc1)NC(=O)[C@@H](N)Cc1ccc(O)cc1)C(=O)NCC(=O)O. The van der Waals surface area contributed by atoms with Gasteiger partial charge in [0.25, 0.3) is 0 Å². The van der Waals surface area contributed by atoms with E-state index in [0.717, 1.165) is 6.92 Å². The fourth-order valence-corrected chi connectivity index (χ4v) is 3.95. The lowest BCUT2D eigenvalue weighted by atomic mass is 10.0. The number of aliphatic carboxylic acids is 1. The lowest BCUT2D eigenvalue weighted by molar-refractivity contribution is -0.139. The zero-order chi connectivity index (χ0) is 33.0. The quantitative estimate of drug-likeness (QED) is 0.0914. The predicted molar refractivity (Wildman–Crippen MR) is 154 cm³/mol. The number of carbonyl (C=O) groups is 6. The third-order valence-electron chi connectivity index (χ3n) is 6.25. The topological polar surface area (TPSA) is 284 Å². The van der Waals surface area contributed by atoms with Gasteiger partial charge in [0.2, 0.25) is 29.5 Å². The second kappa shape index (κ2) is 16.4. The highest BCUT2D eigenvalue weighted by atomic mass is 16.4. The largest absolute Gasteiger partial charge is 0.508 e. The molecule has 5 atom stereocenters. The molecular formula is C28H36N6O10. The number of primary amides is 1. The Morgan fingerprint density at radius 2 is 1.20 bits per heavy atom. The van der Waals surface area contributed by atoms with Crippen LogP contribution >= 0.6 is 0 Å². The molecule has 0 aliphatic rings. The van der Waals surface area contributed by atoms with Crippen molar-refractivity contribution in [3.8, 4) is 11.5 Å². The summed E-state index contributed by atoms with van der Waals surface area (Å²) in [6.45, 7) is 0.352. The molecular weight excluding hydrogens is 580 g/mol. The summed E-state index contributed by atoms with van der Waals surface area (Å²) in [5.74, 6) is -6.24. The third-order valence-corrected chi connectivity index (χ3v) is 6.25. The van der Waals surface area contributed by atoms with Crippen molar-refractivity contribution >= 4 is 35.5 Å². The van der Waals surface area contributed by atoms with E-state index in [9.17, 15) is 44.1 Å². The molecule has 0 aliphatic carbocycles. The fourth-order valence-electron chi connectivity index (χ4n) is 3.95. The zero-order valence-electron chi connectivity index (χ0n) is 23.7. The lowest BCUT2D eigenvalue weighted by Crippen LogP contribution is -2.60. The van der Waals surface area contributed by atoms with Crippen LogP contribution in [0.5, 0.6) is 11.5 Å². The minimum Gasteiger partial charge on any atom is -0.508 e. The number of aliphatic hydroxyl groups excluding tert-OH is 1. The number of amides is 5. The number of benzene rings is 2. The molecule has 0 unspecified atom stereocenters. The van der Waals surface area contributed by atoms with E-state index >= 15 is 0 Å². The Balaban J connectivity index is 2.25. The highest BCUT2D eigenvalue weighted by Gasteiger charge is 2.33. The van der Waals surface area contributed by atoms with E-state index in [-0.39, 0.29) is 24.3 Å². The number of phenols is 2. The predicted octanol–water partition coefficient (Wildman–Crippen LogP) is -2.88. The first-order chi connectivity index (χ1) is 20.7. The minimum atomic E-state index is -1.67. The summed E-state index contributed by atoms with van der Waals surface area (Å²) in [6.07, 6.45) is -2.32. The zero-order valence-corrected chi connectivity index (χ0v) is 23.7. The number of aliphatic hydroxyl groups is 1. The molecule has 16 nitrogen and oxygen atoms in total. The Hall–Kier alpha value is -5.22. The molecule has 0 heterocycles. The second-order valence-corrected chi connectivity index (χ2v) is 9.98. The molecule has 5 amide bonds. The van der Waals surface area contributed by atoms with Crippen LogP contribution in [0.25, 0.3) is 0 Å². The second-order valence-electron chi connectivity index (χ2n) is 9.98. The number of hydrogen-bond donors (Lipinski definition) is 10. The summed E-state index contributed by atoms with van der Waals surface area (Å²) in [4.78, 5) is 74.4. The minimum absolute atomic E-state index is 0.0209. The van der Waals surface area contributed by atoms with Crippen molar-refractivity contribution in [2.75, 3.05) is 6.54 Å². The van der Waals surface area contributed by atoms with E-state index in [4.69, 9.17) is 16.6 Å². The van der Waals surface area contributed by atoms with Gasteiger partial charge >= 0.3 is 5.97 Å². The third kappa shape index (κ3) is 11.6. The van der Waals surface area contributed by atoms with Crippen molar-refractivity contribution in [1.82, 2.24) is 21.3 Å². The summed E-state index contributed by atoms with van der Waals surface area (Å²) in [7, 11) is 0. The van der Waals surface area contributed by atoms with Crippen molar-refractivity contribution < 1.29 is 49.2 Å². The van der Waals surface area contributed by atoms with Crippen molar-refractivity contribution in [2.45, 2.75) is 56.5 Å². The van der Waals surface area contributed by atoms with Crippen LogP contribution in [-0.2, 0) is 41.6 Å². The Bertz CT molecular complexity index is 1330. The number of carboxylic acid groups (broad SMARTS) is 1. The average molecular weight is 617 g/mol. The number of carboxylic acids is 1. The standard InChI is InChI=1S/C28H36N6O10/c1-14(35)24(28(44)31-13-23(39)40)34-27(43)21(12-22(30)38)33-26(42)20(11-16-4-8-18(37)9-5-16)32-25(41)19(29)10-15-2-6-17(36)7-3-15/h2-9,14,19-21,24,35-37H,10-13,29H2,1H3,(H2,30,38)(H,31,44)(H,32,41)(H,33,42)(H,34,43)(H,39,40)/t14-,19+,20+,21+,24+/m1/s1. The van der Waals surface area contributed by atoms with Gasteiger partial charge < -0.3 is 53.2 Å². The van der Waals surface area contributed by atoms with Crippen LogP contribution in [0.15, 0.2) is 48.5 Å². The number of aromatic hydroxyl groups is 2. The van der Waals surface area contributed by atoms with E-state index in [1.54, 1.807) is 12.1 Å². The van der Waals surface area contributed by atoms with Crippen LogP contribution < -0.4 is 32.7 Å². The van der Waals surface area contributed by atoms with E-state index in [1.165, 1.54) is 36.4 Å². The van der Waals surface area contributed by atoms with Crippen molar-refractivity contribution in [3.05, 3.63) is 59.7 Å². The van der Waals surface area contributed by atoms with E-state index < -0.39 is 78.7 Å². The molecule has 0 aliphatic heterocycles. The van der Waals surface area contributed by atoms with Gasteiger partial charge in [-0.15, -0.1) is 0 Å². The van der Waals surface area contributed by atoms with E-state index in [2.05, 4.69) is 16.0 Å². The Labute approximate surface area is 251 Å². The maximum atomic E-state index is 13.4. The van der Waals surface area contributed by atoms with Gasteiger partial charge in [-0.1, -0.05) is 24.3 Å². The first-order valence-electron chi connectivity index (χ1n) is 13.3. The average Bonchev–Trinajstić information content (AvgIpc) is 2.95. The molecule has 0 fully saturated rings. The molecule has 44 heavy (non-hydrogen) atoms. The summed E-state index contributed by atoms with van der Waals surface area (Å²) in [5, 5.41) is 46.9. The molecule has 238 valence electrons. The molecule has 12 N–H and O–H groups in total. The number of phenolic OH excluding ortho intramolecular Hbond substituents is 2. The van der Waals surface area contributed by atoms with Gasteiger partial charge in [-0.25, -0.2) is 0 Å². The molecule has 2 aromatic carbocycles. The van der Waals surface area contributed by atoms with E-state index in [0.29, 0.717) is 11.1 Å². The lowest BCUT2D eigenvalue weighted by Gasteiger charge is -2.26. The number of rotatable bonds is 16.